The number of hydrogen-bond acceptors (Lipinski definition) is 3. The van der Waals surface area contributed by atoms with Gasteiger partial charge in [-0.2, -0.15) is 0 Å². The second-order valence-electron chi connectivity index (χ2n) is 13.0. The van der Waals surface area contributed by atoms with Crippen molar-refractivity contribution in [3.63, 3.8) is 0 Å². The SMILES string of the molecule is Cc1ccc(-c2cccc(-c3cc(-c4nc(-c5ccccc5)cc(-c5ccccc5)n4)cc(-c4c5ccccc5cc5ccccc45)c3)c2)cn1. The summed E-state index contributed by atoms with van der Waals surface area (Å²) < 4.78 is 0. The van der Waals surface area contributed by atoms with Crippen molar-refractivity contribution in [1.82, 2.24) is 15.0 Å². The minimum Gasteiger partial charge on any atom is -0.261 e. The molecule has 0 atom stereocenters. The average molecular weight is 652 g/mol. The molecule has 0 unspecified atom stereocenters. The van der Waals surface area contributed by atoms with E-state index in [0.717, 1.165) is 61.6 Å². The van der Waals surface area contributed by atoms with Gasteiger partial charge in [-0.1, -0.05) is 133 Å². The van der Waals surface area contributed by atoms with Crippen LogP contribution in [0.1, 0.15) is 5.69 Å². The molecule has 0 fully saturated rings. The van der Waals surface area contributed by atoms with E-state index in [9.17, 15) is 0 Å². The third kappa shape index (κ3) is 5.96. The van der Waals surface area contributed by atoms with E-state index in [1.807, 2.05) is 25.3 Å². The third-order valence-electron chi connectivity index (χ3n) is 9.56. The molecular formula is C48H33N3. The van der Waals surface area contributed by atoms with Crippen molar-refractivity contribution in [2.45, 2.75) is 6.92 Å². The first-order chi connectivity index (χ1) is 25.2. The lowest BCUT2D eigenvalue weighted by Gasteiger charge is -2.16. The minimum absolute atomic E-state index is 0.682. The molecule has 0 N–H and O–H groups in total. The monoisotopic (exact) mass is 651 g/mol. The van der Waals surface area contributed by atoms with Crippen LogP contribution in [0.25, 0.3) is 88.8 Å². The lowest BCUT2D eigenvalue weighted by molar-refractivity contribution is 1.18. The zero-order chi connectivity index (χ0) is 34.1. The van der Waals surface area contributed by atoms with Gasteiger partial charge in [-0.05, 0) is 98.8 Å². The van der Waals surface area contributed by atoms with Crippen LogP contribution in [-0.2, 0) is 0 Å². The van der Waals surface area contributed by atoms with Crippen molar-refractivity contribution in [3.8, 4) is 67.3 Å². The zero-order valence-electron chi connectivity index (χ0n) is 28.2. The highest BCUT2D eigenvalue weighted by molar-refractivity contribution is 6.13. The summed E-state index contributed by atoms with van der Waals surface area (Å²) in [7, 11) is 0. The molecule has 0 saturated heterocycles. The van der Waals surface area contributed by atoms with E-state index >= 15 is 0 Å². The molecular weight excluding hydrogens is 619 g/mol. The Balaban J connectivity index is 1.32. The summed E-state index contributed by atoms with van der Waals surface area (Å²) in [5.41, 5.74) is 12.6. The lowest BCUT2D eigenvalue weighted by Crippen LogP contribution is -1.97. The van der Waals surface area contributed by atoms with Gasteiger partial charge in [-0.25, -0.2) is 9.97 Å². The highest BCUT2D eigenvalue weighted by Gasteiger charge is 2.17. The summed E-state index contributed by atoms with van der Waals surface area (Å²) >= 11 is 0. The Bertz CT molecular complexity index is 2570. The van der Waals surface area contributed by atoms with Gasteiger partial charge in [0.25, 0.3) is 0 Å². The first kappa shape index (κ1) is 30.4. The Kier molecular flexibility index (Phi) is 7.71. The molecule has 240 valence electrons. The van der Waals surface area contributed by atoms with E-state index in [1.165, 1.54) is 27.1 Å². The van der Waals surface area contributed by atoms with Gasteiger partial charge in [0.2, 0.25) is 0 Å². The van der Waals surface area contributed by atoms with Crippen LogP contribution in [0.15, 0.2) is 182 Å². The number of nitrogens with zero attached hydrogens (tertiary/aromatic N) is 3. The predicted octanol–water partition coefficient (Wildman–Crippen LogP) is 12.5. The maximum atomic E-state index is 5.25. The van der Waals surface area contributed by atoms with E-state index in [1.54, 1.807) is 0 Å². The van der Waals surface area contributed by atoms with Crippen LogP contribution >= 0.6 is 0 Å². The molecule has 0 saturated carbocycles. The van der Waals surface area contributed by atoms with Gasteiger partial charge in [-0.3, -0.25) is 4.98 Å². The van der Waals surface area contributed by atoms with Gasteiger partial charge in [-0.15, -0.1) is 0 Å². The molecule has 0 aliphatic carbocycles. The van der Waals surface area contributed by atoms with Crippen molar-refractivity contribution >= 4 is 21.5 Å². The molecule has 9 aromatic rings. The maximum absolute atomic E-state index is 5.25. The quantitative estimate of drug-likeness (QED) is 0.168. The zero-order valence-corrected chi connectivity index (χ0v) is 28.2. The van der Waals surface area contributed by atoms with E-state index in [-0.39, 0.29) is 0 Å². The normalized spacial score (nSPS) is 11.2. The summed E-state index contributed by atoms with van der Waals surface area (Å²) in [6.45, 7) is 2.02. The Hall–Kier alpha value is -6.71. The molecule has 2 heterocycles. The van der Waals surface area contributed by atoms with Gasteiger partial charge >= 0.3 is 0 Å². The molecule has 0 bridgehead atoms. The number of fused-ring (bicyclic) bond motifs is 2. The second kappa shape index (κ2) is 13.0. The smallest absolute Gasteiger partial charge is 0.160 e. The highest BCUT2D eigenvalue weighted by atomic mass is 14.9. The van der Waals surface area contributed by atoms with E-state index in [0.29, 0.717) is 5.82 Å². The second-order valence-corrected chi connectivity index (χ2v) is 13.0. The van der Waals surface area contributed by atoms with Crippen LogP contribution in [-0.4, -0.2) is 15.0 Å². The molecule has 0 radical (unpaired) electrons. The maximum Gasteiger partial charge on any atom is 0.160 e. The van der Waals surface area contributed by atoms with E-state index in [2.05, 4.69) is 169 Å². The summed E-state index contributed by atoms with van der Waals surface area (Å²) in [6, 6.07) is 62.2. The van der Waals surface area contributed by atoms with E-state index < -0.39 is 0 Å². The fraction of sp³-hybridized carbons (Fsp3) is 0.0208. The summed E-state index contributed by atoms with van der Waals surface area (Å²) in [6.07, 6.45) is 1.95. The number of aromatic nitrogens is 3. The van der Waals surface area contributed by atoms with Crippen molar-refractivity contribution < 1.29 is 0 Å². The Morgan fingerprint density at radius 3 is 1.47 bits per heavy atom. The van der Waals surface area contributed by atoms with Crippen LogP contribution in [0, 0.1) is 6.92 Å². The van der Waals surface area contributed by atoms with E-state index in [4.69, 9.17) is 9.97 Å². The number of aryl methyl sites for hydroxylation is 1. The lowest BCUT2D eigenvalue weighted by atomic mass is 9.89. The molecule has 7 aromatic carbocycles. The fourth-order valence-electron chi connectivity index (χ4n) is 7.00. The van der Waals surface area contributed by atoms with Crippen LogP contribution in [0.4, 0.5) is 0 Å². The van der Waals surface area contributed by atoms with Crippen molar-refractivity contribution in [2.75, 3.05) is 0 Å². The number of rotatable bonds is 6. The summed E-state index contributed by atoms with van der Waals surface area (Å²) in [5.74, 6) is 0.682. The van der Waals surface area contributed by atoms with Gasteiger partial charge in [0.1, 0.15) is 0 Å². The minimum atomic E-state index is 0.682. The predicted molar refractivity (Wildman–Crippen MR) is 212 cm³/mol. The first-order valence-electron chi connectivity index (χ1n) is 17.3. The Morgan fingerprint density at radius 2 is 0.863 bits per heavy atom. The number of hydrogen-bond donors (Lipinski definition) is 0. The standard InChI is InChI=1S/C48H33N3/c1-32-23-24-39(31-49-32)35-19-12-20-36(25-35)40-27-41(47-43-21-10-8-17-37(43)26-38-18-9-11-22-44(38)47)29-42(28-40)48-50-45(33-13-4-2-5-14-33)30-46(51-48)34-15-6-3-7-16-34/h2-31H,1H3. The number of benzene rings is 7. The molecule has 9 rings (SSSR count). The highest BCUT2D eigenvalue weighted by Crippen LogP contribution is 2.41. The molecule has 3 heteroatoms. The Morgan fingerprint density at radius 1 is 0.353 bits per heavy atom. The summed E-state index contributed by atoms with van der Waals surface area (Å²) in [5, 5.41) is 4.84. The van der Waals surface area contributed by atoms with Gasteiger partial charge in [0, 0.05) is 34.1 Å². The topological polar surface area (TPSA) is 38.7 Å². The van der Waals surface area contributed by atoms with Crippen LogP contribution in [0.2, 0.25) is 0 Å². The van der Waals surface area contributed by atoms with Crippen molar-refractivity contribution in [1.29, 1.82) is 0 Å². The van der Waals surface area contributed by atoms with Crippen molar-refractivity contribution in [2.24, 2.45) is 0 Å². The van der Waals surface area contributed by atoms with Gasteiger partial charge in [0.05, 0.1) is 11.4 Å². The van der Waals surface area contributed by atoms with Gasteiger partial charge in [0.15, 0.2) is 5.82 Å². The first-order valence-corrected chi connectivity index (χ1v) is 17.3. The van der Waals surface area contributed by atoms with Gasteiger partial charge < -0.3 is 0 Å². The average Bonchev–Trinajstić information content (AvgIpc) is 3.20. The molecule has 2 aromatic heterocycles. The molecule has 51 heavy (non-hydrogen) atoms. The molecule has 0 spiro atoms. The largest absolute Gasteiger partial charge is 0.261 e. The molecule has 0 amide bonds. The fourth-order valence-corrected chi connectivity index (χ4v) is 7.00. The van der Waals surface area contributed by atoms with Crippen LogP contribution < -0.4 is 0 Å². The van der Waals surface area contributed by atoms with Crippen LogP contribution in [0.5, 0.6) is 0 Å². The number of pyridine rings is 1. The van der Waals surface area contributed by atoms with Crippen molar-refractivity contribution in [3.05, 3.63) is 188 Å². The third-order valence-corrected chi connectivity index (χ3v) is 9.56. The van der Waals surface area contributed by atoms with Crippen LogP contribution in [0.3, 0.4) is 0 Å². The Labute approximate surface area is 297 Å². The molecule has 3 nitrogen and oxygen atoms in total. The molecule has 0 aliphatic rings. The molecule has 0 aliphatic heterocycles. The summed E-state index contributed by atoms with van der Waals surface area (Å²) in [4.78, 5) is 15.1.